The van der Waals surface area contributed by atoms with Crippen molar-refractivity contribution in [2.24, 2.45) is 5.14 Å². The molecule has 8 heavy (non-hydrogen) atoms. The van der Waals surface area contributed by atoms with Crippen LogP contribution in [0.3, 0.4) is 0 Å². The normalized spacial score (nSPS) is 8.25. The number of thiol groups is 1. The van der Waals surface area contributed by atoms with Gasteiger partial charge < -0.3 is 0 Å². The topological polar surface area (TPSA) is 104 Å². The monoisotopic (exact) mass is 156 g/mol. The molecule has 0 aliphatic heterocycles. The fourth-order valence-electron chi connectivity index (χ4n) is 0. The standard InChI is InChI=1S/CHNS.H3NO3S/c2-1-3;1-5(2,3)4/h3H;(H3,1,2,3,4). The summed E-state index contributed by atoms with van der Waals surface area (Å²) in [7, 11) is -4.17. The van der Waals surface area contributed by atoms with Gasteiger partial charge in [0.05, 0.1) is 0 Å². The van der Waals surface area contributed by atoms with E-state index in [-0.39, 0.29) is 0 Å². The van der Waals surface area contributed by atoms with Gasteiger partial charge in [0.1, 0.15) is 5.40 Å². The Hall–Kier alpha value is -0.290. The number of rotatable bonds is 0. The van der Waals surface area contributed by atoms with Gasteiger partial charge in [-0.25, -0.2) is 5.14 Å². The third kappa shape index (κ3) is 1510. The predicted molar refractivity (Wildman–Crippen MR) is 30.3 cm³/mol. The molecule has 0 aromatic rings. The number of hydrogen-bond donors (Lipinski definition) is 3. The second-order valence-electron chi connectivity index (χ2n) is 0.615. The summed E-state index contributed by atoms with van der Waals surface area (Å²) in [6.45, 7) is 0. The maximum Gasteiger partial charge on any atom is 0.330 e. The van der Waals surface area contributed by atoms with Gasteiger partial charge in [0, 0.05) is 0 Å². The van der Waals surface area contributed by atoms with E-state index < -0.39 is 10.3 Å². The summed E-state index contributed by atoms with van der Waals surface area (Å²) in [5.74, 6) is 0. The van der Waals surface area contributed by atoms with E-state index in [2.05, 4.69) is 17.8 Å². The maximum atomic E-state index is 8.97. The molecule has 48 valence electrons. The number of nitrogens with zero attached hydrogens (tertiary/aromatic N) is 1. The lowest BCUT2D eigenvalue weighted by Crippen LogP contribution is -2.08. The summed E-state index contributed by atoms with van der Waals surface area (Å²) in [4.78, 5) is 0. The van der Waals surface area contributed by atoms with E-state index in [4.69, 9.17) is 18.2 Å². The Morgan fingerprint density at radius 1 is 1.75 bits per heavy atom. The van der Waals surface area contributed by atoms with Crippen molar-refractivity contribution in [2.75, 3.05) is 0 Å². The predicted octanol–water partition coefficient (Wildman–Crippen LogP) is -0.855. The van der Waals surface area contributed by atoms with E-state index in [1.807, 2.05) is 0 Å². The maximum absolute atomic E-state index is 8.97. The lowest BCUT2D eigenvalue weighted by atomic mass is 11.8. The third-order valence-corrected chi connectivity index (χ3v) is 0. The first-order chi connectivity index (χ1) is 3.41. The zero-order valence-corrected chi connectivity index (χ0v) is 5.35. The summed E-state index contributed by atoms with van der Waals surface area (Å²) in [6, 6.07) is 0. The SMILES string of the molecule is N#CS.NS(=O)(=O)O. The van der Waals surface area contributed by atoms with Crippen LogP contribution in [-0.2, 0) is 10.3 Å². The lowest BCUT2D eigenvalue weighted by Gasteiger charge is -1.70. The molecule has 0 rings (SSSR count). The van der Waals surface area contributed by atoms with Crippen molar-refractivity contribution < 1.29 is 13.0 Å². The Labute approximate surface area is 52.4 Å². The van der Waals surface area contributed by atoms with Crippen molar-refractivity contribution in [1.29, 1.82) is 5.26 Å². The van der Waals surface area contributed by atoms with E-state index >= 15 is 0 Å². The van der Waals surface area contributed by atoms with Crippen LogP contribution in [0.5, 0.6) is 0 Å². The van der Waals surface area contributed by atoms with E-state index in [0.717, 1.165) is 0 Å². The molecule has 0 radical (unpaired) electrons. The Morgan fingerprint density at radius 3 is 1.75 bits per heavy atom. The molecular weight excluding hydrogens is 152 g/mol. The van der Waals surface area contributed by atoms with Gasteiger partial charge in [0.15, 0.2) is 0 Å². The smallest absolute Gasteiger partial charge is 0.274 e. The lowest BCUT2D eigenvalue weighted by molar-refractivity contribution is 0.485. The highest BCUT2D eigenvalue weighted by Gasteiger charge is 1.81. The molecule has 0 saturated carbocycles. The van der Waals surface area contributed by atoms with Crippen LogP contribution in [0.4, 0.5) is 0 Å². The van der Waals surface area contributed by atoms with Gasteiger partial charge in [-0.15, -0.1) is 0 Å². The first-order valence-electron chi connectivity index (χ1n) is 1.20. The second-order valence-corrected chi connectivity index (χ2v) is 1.84. The van der Waals surface area contributed by atoms with Crippen LogP contribution in [0, 0.1) is 10.7 Å². The molecule has 0 bridgehead atoms. The van der Waals surface area contributed by atoms with Crippen LogP contribution in [0.15, 0.2) is 0 Å². The quantitative estimate of drug-likeness (QED) is 0.241. The van der Waals surface area contributed by atoms with Gasteiger partial charge in [0.2, 0.25) is 0 Å². The number of nitriles is 1. The molecule has 0 spiro atoms. The Balaban J connectivity index is 0. The average molecular weight is 156 g/mol. The number of hydrogen-bond acceptors (Lipinski definition) is 4. The molecule has 0 aromatic carbocycles. The summed E-state index contributed by atoms with van der Waals surface area (Å²) in [5.41, 5.74) is 0. The molecule has 0 atom stereocenters. The van der Waals surface area contributed by atoms with Crippen molar-refractivity contribution in [1.82, 2.24) is 0 Å². The average Bonchev–Trinajstić information content (AvgIpc) is 1.27. The van der Waals surface area contributed by atoms with E-state index in [1.165, 1.54) is 5.40 Å². The minimum absolute atomic E-state index is 1.44. The van der Waals surface area contributed by atoms with Gasteiger partial charge in [-0.3, -0.25) is 4.55 Å². The van der Waals surface area contributed by atoms with Gasteiger partial charge >= 0.3 is 10.3 Å². The Bertz CT molecular complexity index is 156. The molecule has 7 heteroatoms. The van der Waals surface area contributed by atoms with Gasteiger partial charge in [-0.2, -0.15) is 13.7 Å². The molecular formula is CH4N2O3S2. The van der Waals surface area contributed by atoms with Crippen LogP contribution in [0.1, 0.15) is 0 Å². The van der Waals surface area contributed by atoms with Gasteiger partial charge in [-0.05, 0) is 0 Å². The van der Waals surface area contributed by atoms with E-state index in [1.54, 1.807) is 0 Å². The molecule has 0 fully saturated rings. The molecule has 0 unspecified atom stereocenters. The highest BCUT2D eigenvalue weighted by Crippen LogP contribution is 1.50. The summed E-state index contributed by atoms with van der Waals surface area (Å²) in [6.07, 6.45) is 0. The van der Waals surface area contributed by atoms with E-state index in [9.17, 15) is 0 Å². The van der Waals surface area contributed by atoms with Crippen molar-refractivity contribution in [3.63, 3.8) is 0 Å². The third-order valence-electron chi connectivity index (χ3n) is 0. The van der Waals surface area contributed by atoms with Crippen LogP contribution in [0.25, 0.3) is 0 Å². The fourth-order valence-corrected chi connectivity index (χ4v) is 0. The number of thiocyanates is 1. The largest absolute Gasteiger partial charge is 0.330 e. The first-order valence-corrected chi connectivity index (χ1v) is 3.15. The minimum atomic E-state index is -4.17. The van der Waals surface area contributed by atoms with Crippen LogP contribution in [0.2, 0.25) is 0 Å². The summed E-state index contributed by atoms with van der Waals surface area (Å²) < 4.78 is 25.2. The number of nitrogens with two attached hydrogens (primary N) is 1. The Kier molecular flexibility index (Phi) is 6.47. The minimum Gasteiger partial charge on any atom is -0.274 e. The van der Waals surface area contributed by atoms with Crippen LogP contribution < -0.4 is 5.14 Å². The van der Waals surface area contributed by atoms with Crippen molar-refractivity contribution in [3.8, 4) is 5.40 Å². The van der Waals surface area contributed by atoms with Gasteiger partial charge in [0.25, 0.3) is 0 Å². The summed E-state index contributed by atoms with van der Waals surface area (Å²) >= 11 is 3.09. The molecule has 0 aliphatic rings. The molecule has 0 aliphatic carbocycles. The van der Waals surface area contributed by atoms with Crippen LogP contribution >= 0.6 is 12.6 Å². The molecule has 0 heterocycles. The fraction of sp³-hybridized carbons (Fsp3) is 0. The molecule has 0 saturated heterocycles. The van der Waals surface area contributed by atoms with Crippen molar-refractivity contribution in [3.05, 3.63) is 0 Å². The zero-order valence-electron chi connectivity index (χ0n) is 3.64. The van der Waals surface area contributed by atoms with Crippen LogP contribution in [-0.4, -0.2) is 13.0 Å². The summed E-state index contributed by atoms with van der Waals surface area (Å²) in [5, 5.41) is 12.5. The van der Waals surface area contributed by atoms with E-state index in [0.29, 0.717) is 0 Å². The zero-order chi connectivity index (χ0) is 7.21. The highest BCUT2D eigenvalue weighted by atomic mass is 32.2. The highest BCUT2D eigenvalue weighted by molar-refractivity contribution is 7.85. The van der Waals surface area contributed by atoms with Gasteiger partial charge in [-0.1, -0.05) is 12.6 Å². The first kappa shape index (κ1) is 10.6. The molecule has 3 N–H and O–H groups in total. The van der Waals surface area contributed by atoms with Crippen molar-refractivity contribution >= 4 is 22.9 Å². The molecule has 0 amide bonds. The second kappa shape index (κ2) is 4.86. The van der Waals surface area contributed by atoms with Crippen molar-refractivity contribution in [2.45, 2.75) is 0 Å². The molecule has 5 nitrogen and oxygen atoms in total. The Morgan fingerprint density at radius 2 is 1.75 bits per heavy atom. The molecule has 0 aromatic heterocycles.